The highest BCUT2D eigenvalue weighted by Crippen LogP contribution is 2.52. The van der Waals surface area contributed by atoms with Crippen molar-refractivity contribution in [3.8, 4) is 17.2 Å². The fraction of sp³-hybridized carbons (Fsp3) is 0.515. The van der Waals surface area contributed by atoms with E-state index in [2.05, 4.69) is 4.90 Å². The largest absolute Gasteiger partial charge is 0.507 e. The Bertz CT molecular complexity index is 1630. The second-order valence-electron chi connectivity index (χ2n) is 12.5. The first kappa shape index (κ1) is 33.0. The predicted octanol–water partition coefficient (Wildman–Crippen LogP) is 0.648. The van der Waals surface area contributed by atoms with Crippen LogP contribution >= 0.6 is 0 Å². The molecule has 0 saturated carbocycles. The summed E-state index contributed by atoms with van der Waals surface area (Å²) in [6, 6.07) is 4.07. The van der Waals surface area contributed by atoms with E-state index in [-0.39, 0.29) is 40.5 Å². The van der Waals surface area contributed by atoms with E-state index in [0.29, 0.717) is 0 Å². The van der Waals surface area contributed by atoms with Gasteiger partial charge in [-0.2, -0.15) is 0 Å². The van der Waals surface area contributed by atoms with Crippen molar-refractivity contribution in [2.45, 2.75) is 75.3 Å². The van der Waals surface area contributed by atoms with Crippen LogP contribution in [0.2, 0.25) is 0 Å². The average molecular weight is 655 g/mol. The first-order chi connectivity index (χ1) is 22.4. The van der Waals surface area contributed by atoms with Gasteiger partial charge in [0.2, 0.25) is 11.6 Å². The van der Waals surface area contributed by atoms with Crippen LogP contribution in [0.3, 0.4) is 0 Å². The van der Waals surface area contributed by atoms with Gasteiger partial charge in [-0.15, -0.1) is 0 Å². The molecule has 0 spiro atoms. The number of methoxy groups -OCH3 is 1. The van der Waals surface area contributed by atoms with Gasteiger partial charge in [0.15, 0.2) is 18.7 Å². The number of benzene rings is 2. The number of Topliss-reactive ketones (excluding diaryl/α,β-unsaturated/α-hetero) is 1. The minimum absolute atomic E-state index is 0.0590. The first-order valence-electron chi connectivity index (χ1n) is 15.6. The summed E-state index contributed by atoms with van der Waals surface area (Å²) in [5, 5.41) is 46.1. The minimum Gasteiger partial charge on any atom is -0.507 e. The van der Waals surface area contributed by atoms with Crippen molar-refractivity contribution in [1.29, 1.82) is 0 Å². The lowest BCUT2D eigenvalue weighted by atomic mass is 9.72. The van der Waals surface area contributed by atoms with Crippen molar-refractivity contribution in [2.24, 2.45) is 5.73 Å². The molecule has 0 radical (unpaired) electrons. The Morgan fingerprint density at radius 1 is 1.09 bits per heavy atom. The number of aliphatic hydroxyl groups excluding tert-OH is 1. The summed E-state index contributed by atoms with van der Waals surface area (Å²) in [4.78, 5) is 54.9. The van der Waals surface area contributed by atoms with Crippen molar-refractivity contribution >= 4 is 23.3 Å². The zero-order valence-electron chi connectivity index (χ0n) is 26.1. The number of nitrogens with zero attached hydrogens (tertiary/aromatic N) is 1. The number of rotatable bonds is 8. The summed E-state index contributed by atoms with van der Waals surface area (Å²) >= 11 is 0. The van der Waals surface area contributed by atoms with E-state index < -0.39 is 102 Å². The van der Waals surface area contributed by atoms with Gasteiger partial charge in [0.1, 0.15) is 22.8 Å². The van der Waals surface area contributed by atoms with Crippen LogP contribution < -0.4 is 10.5 Å². The Labute approximate surface area is 270 Å². The molecule has 0 amide bonds. The van der Waals surface area contributed by atoms with Crippen LogP contribution in [0, 0.1) is 0 Å². The summed E-state index contributed by atoms with van der Waals surface area (Å²) in [7, 11) is 1.33. The molecule has 6 N–H and O–H groups in total. The van der Waals surface area contributed by atoms with Crippen molar-refractivity contribution in [1.82, 2.24) is 4.90 Å². The molecule has 47 heavy (non-hydrogen) atoms. The molecule has 2 aromatic carbocycles. The Morgan fingerprint density at radius 2 is 1.79 bits per heavy atom. The lowest BCUT2D eigenvalue weighted by Gasteiger charge is -2.44. The van der Waals surface area contributed by atoms with Crippen molar-refractivity contribution in [3.63, 3.8) is 0 Å². The number of ether oxygens (including phenoxy) is 4. The number of esters is 1. The molecule has 252 valence electrons. The summed E-state index contributed by atoms with van der Waals surface area (Å²) in [5.41, 5.74) is 1.59. The van der Waals surface area contributed by atoms with Crippen LogP contribution in [0.15, 0.2) is 18.2 Å². The molecule has 6 rings (SSSR count). The lowest BCUT2D eigenvalue weighted by Crippen LogP contribution is -2.55. The van der Waals surface area contributed by atoms with E-state index in [1.165, 1.54) is 25.3 Å². The zero-order valence-corrected chi connectivity index (χ0v) is 26.1. The van der Waals surface area contributed by atoms with Crippen LogP contribution in [0.4, 0.5) is 0 Å². The van der Waals surface area contributed by atoms with Crippen molar-refractivity contribution < 1.29 is 58.6 Å². The Hall–Kier alpha value is -3.92. The van der Waals surface area contributed by atoms with Crippen molar-refractivity contribution in [3.05, 3.63) is 51.6 Å². The van der Waals surface area contributed by atoms with Crippen LogP contribution in [-0.4, -0.2) is 112 Å². The maximum absolute atomic E-state index is 13.9. The third kappa shape index (κ3) is 5.58. The van der Waals surface area contributed by atoms with Gasteiger partial charge in [-0.25, -0.2) is 0 Å². The molecule has 2 saturated heterocycles. The van der Waals surface area contributed by atoms with Crippen LogP contribution in [0.25, 0.3) is 0 Å². The zero-order chi connectivity index (χ0) is 33.8. The number of aromatic hydroxyl groups is 2. The second-order valence-corrected chi connectivity index (χ2v) is 12.5. The standard InChI is InChI=1S/C33H38N2O12/c1-15-28(38)18(35-8-3-4-9-35)10-23(46-15)47-20-12-33(43,21(36)14-45-22(37)13-34)11-17-25(20)32(42)27-26(30(17)40)29(39)16-6-5-7-19(44-2)24(16)31(27)41/h5-7,15,18,20,23,28,38,40,42-43H,3-4,8-14,34H2,1-2H3/t15-,18-,20-,23-,28+,33-/m0/s1. The van der Waals surface area contributed by atoms with E-state index in [4.69, 9.17) is 24.7 Å². The molecule has 4 aliphatic rings. The maximum Gasteiger partial charge on any atom is 0.320 e. The third-order valence-corrected chi connectivity index (χ3v) is 9.73. The molecule has 2 heterocycles. The summed E-state index contributed by atoms with van der Waals surface area (Å²) in [6.45, 7) is 1.93. The van der Waals surface area contributed by atoms with Gasteiger partial charge in [0.25, 0.3) is 0 Å². The quantitative estimate of drug-likeness (QED) is 0.167. The number of fused-ring (bicyclic) bond motifs is 3. The number of aliphatic hydroxyl groups is 2. The molecular weight excluding hydrogens is 616 g/mol. The van der Waals surface area contributed by atoms with Crippen molar-refractivity contribution in [2.75, 3.05) is 33.4 Å². The Morgan fingerprint density at radius 3 is 2.47 bits per heavy atom. The Balaban J connectivity index is 1.44. The molecule has 2 aromatic rings. The van der Waals surface area contributed by atoms with Gasteiger partial charge in [-0.1, -0.05) is 12.1 Å². The first-order valence-corrected chi connectivity index (χ1v) is 15.6. The summed E-state index contributed by atoms with van der Waals surface area (Å²) in [5.74, 6) is -4.62. The van der Waals surface area contributed by atoms with E-state index >= 15 is 0 Å². The van der Waals surface area contributed by atoms with E-state index in [9.17, 15) is 39.6 Å². The lowest BCUT2D eigenvalue weighted by molar-refractivity contribution is -0.257. The van der Waals surface area contributed by atoms with Crippen LogP contribution in [-0.2, 0) is 30.2 Å². The number of ketones is 3. The third-order valence-electron chi connectivity index (χ3n) is 9.73. The SMILES string of the molecule is COc1cccc2c1C(=O)c1c(O)c3c(c(O)c1C2=O)C[C@@](O)(C(=O)COC(=O)CN)C[C@@H]3O[C@H]1C[C@H](N2CCCC2)[C@H](O)[C@H](C)O1. The van der Waals surface area contributed by atoms with Gasteiger partial charge < -0.3 is 45.1 Å². The van der Waals surface area contributed by atoms with Crippen LogP contribution in [0.1, 0.15) is 81.7 Å². The van der Waals surface area contributed by atoms with Crippen LogP contribution in [0.5, 0.6) is 17.2 Å². The highest BCUT2D eigenvalue weighted by atomic mass is 16.7. The molecule has 2 aliphatic heterocycles. The van der Waals surface area contributed by atoms with Gasteiger partial charge in [-0.05, 0) is 38.9 Å². The fourth-order valence-corrected chi connectivity index (χ4v) is 7.32. The average Bonchev–Trinajstić information content (AvgIpc) is 3.59. The number of carbonyl (C=O) groups is 4. The molecule has 0 unspecified atom stereocenters. The molecule has 14 nitrogen and oxygen atoms in total. The predicted molar refractivity (Wildman–Crippen MR) is 161 cm³/mol. The summed E-state index contributed by atoms with van der Waals surface area (Å²) in [6.07, 6.45) is -2.76. The topological polar surface area (TPSA) is 215 Å². The molecular formula is C33H38N2O12. The van der Waals surface area contributed by atoms with Gasteiger partial charge in [0, 0.05) is 42.0 Å². The molecule has 6 atom stereocenters. The highest BCUT2D eigenvalue weighted by molar-refractivity contribution is 6.31. The highest BCUT2D eigenvalue weighted by Gasteiger charge is 2.51. The molecule has 14 heteroatoms. The normalized spacial score (nSPS) is 28.7. The number of nitrogens with two attached hydrogens (primary N) is 1. The van der Waals surface area contributed by atoms with E-state index in [0.717, 1.165) is 25.9 Å². The molecule has 2 aliphatic carbocycles. The maximum atomic E-state index is 13.9. The van der Waals surface area contributed by atoms with Gasteiger partial charge in [0.05, 0.1) is 48.7 Å². The van der Waals surface area contributed by atoms with E-state index in [1.807, 2.05) is 0 Å². The number of phenols is 2. The van der Waals surface area contributed by atoms with Gasteiger partial charge in [-0.3, -0.25) is 24.1 Å². The number of hydrogen-bond acceptors (Lipinski definition) is 14. The van der Waals surface area contributed by atoms with Gasteiger partial charge >= 0.3 is 5.97 Å². The molecule has 2 fully saturated rings. The molecule has 0 bridgehead atoms. The number of phenolic OH excluding ortho intramolecular Hbond substituents is 2. The fourth-order valence-electron chi connectivity index (χ4n) is 7.32. The smallest absolute Gasteiger partial charge is 0.320 e. The second kappa shape index (κ2) is 12.6. The summed E-state index contributed by atoms with van der Waals surface area (Å²) < 4.78 is 22.6. The minimum atomic E-state index is -2.30. The number of carbonyl (C=O) groups excluding carboxylic acids is 4. The number of likely N-dealkylation sites (tertiary alicyclic amines) is 1. The van der Waals surface area contributed by atoms with E-state index in [1.54, 1.807) is 6.92 Å². The monoisotopic (exact) mass is 654 g/mol. The Kier molecular flexibility index (Phi) is 8.84. The number of hydrogen-bond donors (Lipinski definition) is 5. The molecule has 0 aromatic heterocycles.